The second-order valence-corrected chi connectivity index (χ2v) is 7.44. The molecule has 6 heteroatoms. The van der Waals surface area contributed by atoms with Gasteiger partial charge in [-0.05, 0) is 54.4 Å². The van der Waals surface area contributed by atoms with Gasteiger partial charge in [0.1, 0.15) is 11.2 Å². The van der Waals surface area contributed by atoms with Crippen LogP contribution in [-0.2, 0) is 14.3 Å². The van der Waals surface area contributed by atoms with Crippen LogP contribution in [0.3, 0.4) is 0 Å². The van der Waals surface area contributed by atoms with Crippen LogP contribution >= 0.6 is 0 Å². The van der Waals surface area contributed by atoms with Crippen molar-refractivity contribution in [1.82, 2.24) is 5.32 Å². The van der Waals surface area contributed by atoms with E-state index in [1.807, 2.05) is 20.8 Å². The highest BCUT2D eigenvalue weighted by Crippen LogP contribution is 2.11. The molecule has 0 aliphatic heterocycles. The summed E-state index contributed by atoms with van der Waals surface area (Å²) in [6.45, 7) is 11.0. The summed E-state index contributed by atoms with van der Waals surface area (Å²) in [6, 6.07) is 0. The highest BCUT2D eigenvalue weighted by atomic mass is 16.6. The minimum absolute atomic E-state index is 0.177. The number of alkyl carbamates (subject to hydrolysis) is 1. The van der Waals surface area contributed by atoms with Crippen molar-refractivity contribution in [3.8, 4) is 0 Å². The third kappa shape index (κ3) is 13.7. The maximum absolute atomic E-state index is 11.5. The van der Waals surface area contributed by atoms with Crippen LogP contribution in [0.15, 0.2) is 0 Å². The molecule has 0 aliphatic rings. The standard InChI is InChI=1S/C16H32N2O4/c1-15(2,3)21-13(19)11-9-7-8-10-12(17)18-14(20)22-16(4,5)6/h12H,7-11,17H2,1-6H3,(H,18,20). The SMILES string of the molecule is CC(C)(C)OC(=O)CCCCCC(N)NC(=O)OC(C)(C)C. The summed E-state index contributed by atoms with van der Waals surface area (Å²) in [6.07, 6.45) is 2.57. The number of carbonyl (C=O) groups excluding carboxylic acids is 2. The van der Waals surface area contributed by atoms with E-state index in [1.54, 1.807) is 20.8 Å². The number of unbranched alkanes of at least 4 members (excludes halogenated alkanes) is 2. The molecule has 0 aromatic rings. The topological polar surface area (TPSA) is 90.6 Å². The molecule has 130 valence electrons. The summed E-state index contributed by atoms with van der Waals surface area (Å²) < 4.78 is 10.3. The molecule has 1 amide bonds. The zero-order valence-corrected chi connectivity index (χ0v) is 14.8. The van der Waals surface area contributed by atoms with Crippen LogP contribution in [0.4, 0.5) is 4.79 Å². The molecule has 0 saturated heterocycles. The van der Waals surface area contributed by atoms with Gasteiger partial charge in [0.25, 0.3) is 0 Å². The van der Waals surface area contributed by atoms with Crippen LogP contribution in [0.25, 0.3) is 0 Å². The Morgan fingerprint density at radius 3 is 2.00 bits per heavy atom. The van der Waals surface area contributed by atoms with E-state index in [-0.39, 0.29) is 5.97 Å². The molecule has 22 heavy (non-hydrogen) atoms. The number of rotatable bonds is 7. The van der Waals surface area contributed by atoms with Crippen molar-refractivity contribution in [2.75, 3.05) is 0 Å². The Labute approximate surface area is 134 Å². The van der Waals surface area contributed by atoms with Crippen molar-refractivity contribution < 1.29 is 19.1 Å². The van der Waals surface area contributed by atoms with E-state index in [1.165, 1.54) is 0 Å². The molecule has 1 unspecified atom stereocenters. The van der Waals surface area contributed by atoms with Gasteiger partial charge in [-0.15, -0.1) is 0 Å². The van der Waals surface area contributed by atoms with Crippen LogP contribution in [0.2, 0.25) is 0 Å². The van der Waals surface area contributed by atoms with E-state index in [9.17, 15) is 9.59 Å². The number of carbonyl (C=O) groups is 2. The zero-order chi connectivity index (χ0) is 17.4. The number of nitrogens with one attached hydrogen (secondary N) is 1. The van der Waals surface area contributed by atoms with Gasteiger partial charge in [0.15, 0.2) is 0 Å². The van der Waals surface area contributed by atoms with Crippen molar-refractivity contribution >= 4 is 12.1 Å². The maximum Gasteiger partial charge on any atom is 0.408 e. The lowest BCUT2D eigenvalue weighted by Gasteiger charge is -2.21. The normalized spacial score (nSPS) is 13.4. The Kier molecular flexibility index (Phi) is 8.45. The number of nitrogens with two attached hydrogens (primary N) is 1. The van der Waals surface area contributed by atoms with Crippen LogP contribution in [-0.4, -0.2) is 29.4 Å². The lowest BCUT2D eigenvalue weighted by molar-refractivity contribution is -0.154. The molecule has 0 rings (SSSR count). The third-order valence-corrected chi connectivity index (χ3v) is 2.52. The Morgan fingerprint density at radius 1 is 0.955 bits per heavy atom. The lowest BCUT2D eigenvalue weighted by Crippen LogP contribution is -2.44. The minimum atomic E-state index is -0.531. The summed E-state index contributed by atoms with van der Waals surface area (Å²) in [7, 11) is 0. The second kappa shape index (κ2) is 8.98. The molecular formula is C16H32N2O4. The summed E-state index contributed by atoms with van der Waals surface area (Å²) in [4.78, 5) is 23.0. The van der Waals surface area contributed by atoms with E-state index in [0.29, 0.717) is 12.8 Å². The van der Waals surface area contributed by atoms with Gasteiger partial charge in [-0.3, -0.25) is 4.79 Å². The fraction of sp³-hybridized carbons (Fsp3) is 0.875. The predicted molar refractivity (Wildman–Crippen MR) is 86.3 cm³/mol. The molecule has 0 aromatic carbocycles. The van der Waals surface area contributed by atoms with Crippen molar-refractivity contribution in [1.29, 1.82) is 0 Å². The first-order chi connectivity index (χ1) is 9.89. The average Bonchev–Trinajstić information content (AvgIpc) is 2.22. The first-order valence-corrected chi connectivity index (χ1v) is 7.86. The maximum atomic E-state index is 11.5. The van der Waals surface area contributed by atoms with E-state index in [2.05, 4.69) is 5.32 Å². The Bertz CT molecular complexity index is 356. The van der Waals surface area contributed by atoms with E-state index >= 15 is 0 Å². The highest BCUT2D eigenvalue weighted by Gasteiger charge is 2.18. The van der Waals surface area contributed by atoms with Gasteiger partial charge in [0.05, 0.1) is 6.17 Å². The van der Waals surface area contributed by atoms with Gasteiger partial charge < -0.3 is 20.5 Å². The molecule has 0 bridgehead atoms. The molecule has 0 aromatic heterocycles. The first kappa shape index (κ1) is 20.7. The van der Waals surface area contributed by atoms with Gasteiger partial charge in [0, 0.05) is 6.42 Å². The second-order valence-electron chi connectivity index (χ2n) is 7.44. The van der Waals surface area contributed by atoms with Crippen LogP contribution in [0.1, 0.15) is 73.6 Å². The fourth-order valence-corrected chi connectivity index (χ4v) is 1.73. The van der Waals surface area contributed by atoms with E-state index in [0.717, 1.165) is 19.3 Å². The van der Waals surface area contributed by atoms with Gasteiger partial charge >= 0.3 is 12.1 Å². The molecular weight excluding hydrogens is 284 g/mol. The number of ether oxygens (including phenoxy) is 2. The van der Waals surface area contributed by atoms with Gasteiger partial charge in [-0.2, -0.15) is 0 Å². The van der Waals surface area contributed by atoms with Crippen LogP contribution < -0.4 is 11.1 Å². The predicted octanol–water partition coefficient (Wildman–Crippen LogP) is 3.09. The monoisotopic (exact) mass is 316 g/mol. The third-order valence-electron chi connectivity index (χ3n) is 2.52. The van der Waals surface area contributed by atoms with Crippen molar-refractivity contribution in [2.24, 2.45) is 5.73 Å². The highest BCUT2D eigenvalue weighted by molar-refractivity contribution is 5.69. The molecule has 0 fully saturated rings. The summed E-state index contributed by atoms with van der Waals surface area (Å²) >= 11 is 0. The molecule has 0 radical (unpaired) electrons. The van der Waals surface area contributed by atoms with Crippen molar-refractivity contribution in [3.63, 3.8) is 0 Å². The van der Waals surface area contributed by atoms with Gasteiger partial charge in [0.2, 0.25) is 0 Å². The fourth-order valence-electron chi connectivity index (χ4n) is 1.73. The van der Waals surface area contributed by atoms with Crippen LogP contribution in [0.5, 0.6) is 0 Å². The van der Waals surface area contributed by atoms with E-state index in [4.69, 9.17) is 15.2 Å². The Hall–Kier alpha value is -1.30. The molecule has 0 aliphatic carbocycles. The van der Waals surface area contributed by atoms with Crippen LogP contribution in [0, 0.1) is 0 Å². The van der Waals surface area contributed by atoms with Crippen molar-refractivity contribution in [3.05, 3.63) is 0 Å². The summed E-state index contributed by atoms with van der Waals surface area (Å²) in [5, 5.41) is 2.59. The molecule has 1 atom stereocenters. The van der Waals surface area contributed by atoms with Gasteiger partial charge in [-0.25, -0.2) is 4.79 Å². The Balaban J connectivity index is 3.71. The minimum Gasteiger partial charge on any atom is -0.460 e. The van der Waals surface area contributed by atoms with Gasteiger partial charge in [-0.1, -0.05) is 12.8 Å². The van der Waals surface area contributed by atoms with Crippen molar-refractivity contribution in [2.45, 2.75) is 91.0 Å². The molecule has 3 N–H and O–H groups in total. The average molecular weight is 316 g/mol. The van der Waals surface area contributed by atoms with E-state index < -0.39 is 23.5 Å². The zero-order valence-electron chi connectivity index (χ0n) is 14.8. The molecule has 0 saturated carbocycles. The Morgan fingerprint density at radius 2 is 1.50 bits per heavy atom. The number of hydrogen-bond donors (Lipinski definition) is 2. The first-order valence-electron chi connectivity index (χ1n) is 7.86. The largest absolute Gasteiger partial charge is 0.460 e. The molecule has 0 spiro atoms. The summed E-state index contributed by atoms with van der Waals surface area (Å²) in [5.74, 6) is -0.177. The molecule has 0 heterocycles. The quantitative estimate of drug-likeness (QED) is 0.428. The number of amides is 1. The smallest absolute Gasteiger partial charge is 0.408 e. The molecule has 6 nitrogen and oxygen atoms in total. The lowest BCUT2D eigenvalue weighted by atomic mass is 10.1. The number of hydrogen-bond acceptors (Lipinski definition) is 5. The summed E-state index contributed by atoms with van der Waals surface area (Å²) in [5.41, 5.74) is 4.85. The number of esters is 1.